The second-order valence-corrected chi connectivity index (χ2v) is 6.49. The number of nitrogens with one attached hydrogen (secondary N) is 2. The monoisotopic (exact) mass is 394 g/mol. The van der Waals surface area contributed by atoms with E-state index < -0.39 is 18.0 Å². The first kappa shape index (κ1) is 18.5. The summed E-state index contributed by atoms with van der Waals surface area (Å²) >= 11 is 0. The van der Waals surface area contributed by atoms with Crippen molar-refractivity contribution in [2.75, 3.05) is 18.5 Å². The predicted molar refractivity (Wildman–Crippen MR) is 106 cm³/mol. The van der Waals surface area contributed by atoms with Crippen molar-refractivity contribution in [2.24, 2.45) is 0 Å². The summed E-state index contributed by atoms with van der Waals surface area (Å²) in [6, 6.07) is 13.0. The molecule has 0 aliphatic carbocycles. The fourth-order valence-corrected chi connectivity index (χ4v) is 2.95. The Balaban J connectivity index is 1.44. The van der Waals surface area contributed by atoms with Crippen LogP contribution in [0.2, 0.25) is 0 Å². The van der Waals surface area contributed by atoms with Gasteiger partial charge in [0, 0.05) is 28.7 Å². The Kier molecular flexibility index (Phi) is 4.90. The van der Waals surface area contributed by atoms with Gasteiger partial charge < -0.3 is 24.5 Å². The van der Waals surface area contributed by atoms with Gasteiger partial charge in [-0.3, -0.25) is 9.59 Å². The van der Waals surface area contributed by atoms with E-state index in [0.29, 0.717) is 41.3 Å². The summed E-state index contributed by atoms with van der Waals surface area (Å²) in [5.74, 6) is -0.169. The van der Waals surface area contributed by atoms with Gasteiger partial charge in [-0.2, -0.15) is 0 Å². The zero-order valence-corrected chi connectivity index (χ0v) is 15.6. The fourth-order valence-electron chi connectivity index (χ4n) is 2.95. The highest BCUT2D eigenvalue weighted by atomic mass is 16.6. The van der Waals surface area contributed by atoms with Crippen molar-refractivity contribution in [3.63, 3.8) is 0 Å². The van der Waals surface area contributed by atoms with E-state index >= 15 is 0 Å². The number of para-hydroxylation sites is 1. The van der Waals surface area contributed by atoms with Crippen molar-refractivity contribution in [1.82, 2.24) is 4.98 Å². The summed E-state index contributed by atoms with van der Waals surface area (Å²) < 4.78 is 16.1. The normalized spacial score (nSPS) is 13.6. The predicted octanol–water partition coefficient (Wildman–Crippen LogP) is 2.48. The average Bonchev–Trinajstić information content (AvgIpc) is 2.73. The zero-order valence-electron chi connectivity index (χ0n) is 15.6. The SMILES string of the molecule is C[C@H](OC(=O)c1cc(=O)c2ccccc2[nH]1)C(=O)Nc1ccc2c(c1)OCCO2. The molecule has 2 heterocycles. The maximum atomic E-state index is 12.4. The number of hydrogen-bond acceptors (Lipinski definition) is 6. The van der Waals surface area contributed by atoms with Crippen molar-refractivity contribution in [3.8, 4) is 11.5 Å². The largest absolute Gasteiger partial charge is 0.486 e. The molecule has 0 fully saturated rings. The fraction of sp³-hybridized carbons (Fsp3) is 0.190. The highest BCUT2D eigenvalue weighted by Crippen LogP contribution is 2.32. The number of aromatic nitrogens is 1. The lowest BCUT2D eigenvalue weighted by Crippen LogP contribution is -2.30. The van der Waals surface area contributed by atoms with Gasteiger partial charge in [0.05, 0.1) is 0 Å². The van der Waals surface area contributed by atoms with Crippen molar-refractivity contribution in [2.45, 2.75) is 13.0 Å². The molecule has 2 N–H and O–H groups in total. The smallest absolute Gasteiger partial charge is 0.355 e. The van der Waals surface area contributed by atoms with Crippen LogP contribution < -0.4 is 20.2 Å². The summed E-state index contributed by atoms with van der Waals surface area (Å²) in [5, 5.41) is 3.13. The molecule has 0 radical (unpaired) electrons. The average molecular weight is 394 g/mol. The van der Waals surface area contributed by atoms with E-state index in [4.69, 9.17) is 14.2 Å². The Labute approximate surface area is 165 Å². The van der Waals surface area contributed by atoms with E-state index in [9.17, 15) is 14.4 Å². The van der Waals surface area contributed by atoms with Gasteiger partial charge in [0.15, 0.2) is 23.0 Å². The number of hydrogen-bond donors (Lipinski definition) is 2. The lowest BCUT2D eigenvalue weighted by Gasteiger charge is -2.19. The molecular weight excluding hydrogens is 376 g/mol. The van der Waals surface area contributed by atoms with Gasteiger partial charge in [-0.05, 0) is 31.2 Å². The molecule has 0 bridgehead atoms. The minimum atomic E-state index is -1.08. The molecule has 8 heteroatoms. The maximum absolute atomic E-state index is 12.4. The number of carbonyl (C=O) groups is 2. The Hall–Kier alpha value is -3.81. The van der Waals surface area contributed by atoms with Gasteiger partial charge >= 0.3 is 5.97 Å². The molecule has 8 nitrogen and oxygen atoms in total. The Morgan fingerprint density at radius 2 is 1.83 bits per heavy atom. The van der Waals surface area contributed by atoms with Gasteiger partial charge in [0.2, 0.25) is 0 Å². The third kappa shape index (κ3) is 3.91. The number of fused-ring (bicyclic) bond motifs is 2. The molecular formula is C21H18N2O6. The highest BCUT2D eigenvalue weighted by Gasteiger charge is 2.21. The first-order chi connectivity index (χ1) is 14.0. The van der Waals surface area contributed by atoms with E-state index in [2.05, 4.69) is 10.3 Å². The van der Waals surface area contributed by atoms with E-state index in [0.717, 1.165) is 6.07 Å². The van der Waals surface area contributed by atoms with Gasteiger partial charge in [-0.1, -0.05) is 12.1 Å². The molecule has 29 heavy (non-hydrogen) atoms. The van der Waals surface area contributed by atoms with Crippen molar-refractivity contribution < 1.29 is 23.8 Å². The number of benzene rings is 2. The summed E-state index contributed by atoms with van der Waals surface area (Å²) in [4.78, 5) is 39.8. The van der Waals surface area contributed by atoms with Crippen LogP contribution in [0.5, 0.6) is 11.5 Å². The molecule has 4 rings (SSSR count). The van der Waals surface area contributed by atoms with Gasteiger partial charge in [-0.25, -0.2) is 4.79 Å². The second kappa shape index (κ2) is 7.67. The van der Waals surface area contributed by atoms with Gasteiger partial charge in [0.25, 0.3) is 5.91 Å². The van der Waals surface area contributed by atoms with Crippen LogP contribution in [0.25, 0.3) is 10.9 Å². The second-order valence-electron chi connectivity index (χ2n) is 6.49. The number of pyridine rings is 1. The van der Waals surface area contributed by atoms with Crippen LogP contribution in [-0.4, -0.2) is 36.2 Å². The molecule has 3 aromatic rings. The topological polar surface area (TPSA) is 107 Å². The summed E-state index contributed by atoms with van der Waals surface area (Å²) in [7, 11) is 0. The molecule has 2 aromatic carbocycles. The van der Waals surface area contributed by atoms with E-state index in [1.54, 1.807) is 42.5 Å². The third-order valence-corrected chi connectivity index (χ3v) is 4.42. The first-order valence-electron chi connectivity index (χ1n) is 9.05. The molecule has 1 amide bonds. The van der Waals surface area contributed by atoms with Crippen molar-refractivity contribution in [3.05, 3.63) is 64.4 Å². The zero-order chi connectivity index (χ0) is 20.4. The van der Waals surface area contributed by atoms with Gasteiger partial charge in [-0.15, -0.1) is 0 Å². The molecule has 148 valence electrons. The Morgan fingerprint density at radius 1 is 1.07 bits per heavy atom. The van der Waals surface area contributed by atoms with E-state index in [1.165, 1.54) is 6.92 Å². The summed E-state index contributed by atoms with van der Waals surface area (Å²) in [6.07, 6.45) is -1.08. The number of amides is 1. The number of esters is 1. The Bertz CT molecular complexity index is 1150. The van der Waals surface area contributed by atoms with Crippen LogP contribution in [0.1, 0.15) is 17.4 Å². The van der Waals surface area contributed by atoms with Crippen molar-refractivity contribution >= 4 is 28.5 Å². The van der Waals surface area contributed by atoms with Gasteiger partial charge in [0.1, 0.15) is 18.9 Å². The molecule has 1 atom stereocenters. The van der Waals surface area contributed by atoms with Crippen LogP contribution in [0, 0.1) is 0 Å². The number of ether oxygens (including phenoxy) is 3. The summed E-state index contributed by atoms with van der Waals surface area (Å²) in [5.41, 5.74) is 0.675. The summed E-state index contributed by atoms with van der Waals surface area (Å²) in [6.45, 7) is 2.36. The van der Waals surface area contributed by atoms with Crippen molar-refractivity contribution in [1.29, 1.82) is 0 Å². The standard InChI is InChI=1S/C21H18N2O6/c1-12(20(25)22-13-6-7-18-19(10-13)28-9-8-27-18)29-21(26)16-11-17(24)14-4-2-3-5-15(14)23-16/h2-7,10-12H,8-9H2,1H3,(H,22,25)(H,23,24)/t12-/m0/s1. The number of aromatic amines is 1. The molecule has 0 spiro atoms. The number of carbonyl (C=O) groups excluding carboxylic acids is 2. The molecule has 0 unspecified atom stereocenters. The van der Waals surface area contributed by atoms with Crippen LogP contribution in [-0.2, 0) is 9.53 Å². The highest BCUT2D eigenvalue weighted by molar-refractivity contribution is 5.97. The maximum Gasteiger partial charge on any atom is 0.355 e. The third-order valence-electron chi connectivity index (χ3n) is 4.42. The molecule has 1 aromatic heterocycles. The van der Waals surface area contributed by atoms with Crippen LogP contribution >= 0.6 is 0 Å². The van der Waals surface area contributed by atoms with Crippen LogP contribution in [0.3, 0.4) is 0 Å². The molecule has 0 saturated carbocycles. The number of rotatable bonds is 4. The van der Waals surface area contributed by atoms with E-state index in [-0.39, 0.29) is 11.1 Å². The lowest BCUT2D eigenvalue weighted by atomic mass is 10.2. The van der Waals surface area contributed by atoms with Crippen LogP contribution in [0.4, 0.5) is 5.69 Å². The number of H-pyrrole nitrogens is 1. The molecule has 1 aliphatic rings. The van der Waals surface area contributed by atoms with E-state index in [1.807, 2.05) is 0 Å². The minimum Gasteiger partial charge on any atom is -0.486 e. The number of anilines is 1. The lowest BCUT2D eigenvalue weighted by molar-refractivity contribution is -0.123. The first-order valence-corrected chi connectivity index (χ1v) is 9.05. The molecule has 0 saturated heterocycles. The van der Waals surface area contributed by atoms with Crippen LogP contribution in [0.15, 0.2) is 53.3 Å². The molecule has 1 aliphatic heterocycles. The minimum absolute atomic E-state index is 0.0207. The Morgan fingerprint density at radius 3 is 2.66 bits per heavy atom. The quantitative estimate of drug-likeness (QED) is 0.659.